The van der Waals surface area contributed by atoms with E-state index in [0.29, 0.717) is 5.41 Å². The Morgan fingerprint density at radius 1 is 1.23 bits per heavy atom. The molecule has 0 bridgehead atoms. The summed E-state index contributed by atoms with van der Waals surface area (Å²) < 4.78 is 0. The molecule has 0 saturated carbocycles. The molecule has 2 N–H and O–H groups in total. The van der Waals surface area contributed by atoms with E-state index in [1.165, 1.54) is 45.2 Å². The fraction of sp³-hybridized carbons (Fsp3) is 0.944. The van der Waals surface area contributed by atoms with Gasteiger partial charge in [-0.2, -0.15) is 0 Å². The molecule has 0 amide bonds. The Morgan fingerprint density at radius 2 is 2.00 bits per heavy atom. The monoisotopic (exact) mass is 310 g/mol. The molecule has 1 heterocycles. The van der Waals surface area contributed by atoms with Gasteiger partial charge in [-0.25, -0.2) is 0 Å². The smallest absolute Gasteiger partial charge is 0.191 e. The molecular weight excluding hydrogens is 272 g/mol. The van der Waals surface area contributed by atoms with Crippen LogP contribution in [-0.2, 0) is 0 Å². The van der Waals surface area contributed by atoms with Gasteiger partial charge < -0.3 is 15.5 Å². The summed E-state index contributed by atoms with van der Waals surface area (Å²) in [6.45, 7) is 14.4. The highest BCUT2D eigenvalue weighted by Crippen LogP contribution is 2.24. The highest BCUT2D eigenvalue weighted by molar-refractivity contribution is 5.79. The zero-order valence-corrected chi connectivity index (χ0v) is 15.5. The first kappa shape index (κ1) is 19.3. The minimum atomic E-state index is 0.297. The van der Waals surface area contributed by atoms with Crippen LogP contribution in [-0.4, -0.2) is 50.6 Å². The quantitative estimate of drug-likeness (QED) is 0.390. The van der Waals surface area contributed by atoms with Crippen LogP contribution in [0.4, 0.5) is 0 Å². The summed E-state index contributed by atoms with van der Waals surface area (Å²) in [6.07, 6.45) is 6.50. The van der Waals surface area contributed by atoms with Gasteiger partial charge in [0.15, 0.2) is 5.96 Å². The van der Waals surface area contributed by atoms with Crippen molar-refractivity contribution < 1.29 is 0 Å². The molecule has 22 heavy (non-hydrogen) atoms. The number of hydrogen-bond acceptors (Lipinski definition) is 2. The second-order valence-corrected chi connectivity index (χ2v) is 7.61. The molecule has 1 aliphatic rings. The summed E-state index contributed by atoms with van der Waals surface area (Å²) >= 11 is 0. The van der Waals surface area contributed by atoms with E-state index in [1.807, 2.05) is 0 Å². The van der Waals surface area contributed by atoms with E-state index >= 15 is 0 Å². The topological polar surface area (TPSA) is 39.7 Å². The van der Waals surface area contributed by atoms with Gasteiger partial charge >= 0.3 is 0 Å². The number of nitrogens with one attached hydrogen (secondary N) is 2. The van der Waals surface area contributed by atoms with Crippen LogP contribution < -0.4 is 10.6 Å². The zero-order chi connectivity index (χ0) is 16.4. The van der Waals surface area contributed by atoms with Crippen molar-refractivity contribution in [1.82, 2.24) is 15.5 Å². The first-order valence-corrected chi connectivity index (χ1v) is 9.17. The largest absolute Gasteiger partial charge is 0.357 e. The number of nitrogens with zero attached hydrogens (tertiary/aromatic N) is 2. The van der Waals surface area contributed by atoms with Crippen LogP contribution in [0.5, 0.6) is 0 Å². The van der Waals surface area contributed by atoms with Gasteiger partial charge in [-0.05, 0) is 44.7 Å². The Hall–Kier alpha value is -0.770. The maximum Gasteiger partial charge on any atom is 0.191 e. The zero-order valence-electron chi connectivity index (χ0n) is 15.5. The van der Waals surface area contributed by atoms with E-state index in [9.17, 15) is 0 Å². The first-order valence-electron chi connectivity index (χ1n) is 9.17. The molecule has 1 saturated heterocycles. The standard InChI is InChI=1S/C18H38N4/c1-6-8-9-11-18(3,4)15-21-17(19-7-2)20-13-16-10-12-22(5)14-16/h16H,6-15H2,1-5H3,(H2,19,20,21). The molecule has 0 aromatic carbocycles. The highest BCUT2D eigenvalue weighted by atomic mass is 15.2. The van der Waals surface area contributed by atoms with E-state index in [-0.39, 0.29) is 0 Å². The van der Waals surface area contributed by atoms with Crippen LogP contribution >= 0.6 is 0 Å². The van der Waals surface area contributed by atoms with E-state index in [1.54, 1.807) is 0 Å². The van der Waals surface area contributed by atoms with Crippen LogP contribution in [0, 0.1) is 11.3 Å². The van der Waals surface area contributed by atoms with Crippen molar-refractivity contribution in [2.24, 2.45) is 16.3 Å². The minimum absolute atomic E-state index is 0.297. The van der Waals surface area contributed by atoms with Crippen molar-refractivity contribution in [2.45, 2.75) is 59.8 Å². The molecule has 0 aromatic heterocycles. The summed E-state index contributed by atoms with van der Waals surface area (Å²) in [5.41, 5.74) is 0.297. The number of unbranched alkanes of at least 4 members (excludes halogenated alkanes) is 2. The molecule has 0 aromatic rings. The van der Waals surface area contributed by atoms with Crippen LogP contribution in [0.2, 0.25) is 0 Å². The van der Waals surface area contributed by atoms with Gasteiger partial charge in [0.1, 0.15) is 0 Å². The Balaban J connectivity index is 2.39. The van der Waals surface area contributed by atoms with Gasteiger partial charge in [0.05, 0.1) is 0 Å². The second-order valence-electron chi connectivity index (χ2n) is 7.61. The SMILES string of the molecule is CCCCCC(C)(C)CN=C(NCC)NCC1CCN(C)C1. The average molecular weight is 311 g/mol. The molecule has 4 nitrogen and oxygen atoms in total. The second kappa shape index (κ2) is 10.1. The number of hydrogen-bond donors (Lipinski definition) is 2. The number of rotatable bonds is 9. The minimum Gasteiger partial charge on any atom is -0.357 e. The Morgan fingerprint density at radius 3 is 2.59 bits per heavy atom. The highest BCUT2D eigenvalue weighted by Gasteiger charge is 2.20. The van der Waals surface area contributed by atoms with Crippen molar-refractivity contribution >= 4 is 5.96 Å². The van der Waals surface area contributed by atoms with Crippen molar-refractivity contribution in [3.63, 3.8) is 0 Å². The van der Waals surface area contributed by atoms with Crippen molar-refractivity contribution in [3.05, 3.63) is 0 Å². The Labute approximate surface area is 138 Å². The average Bonchev–Trinajstić information content (AvgIpc) is 2.88. The molecule has 0 radical (unpaired) electrons. The lowest BCUT2D eigenvalue weighted by molar-refractivity contribution is 0.332. The van der Waals surface area contributed by atoms with Gasteiger partial charge in [0.25, 0.3) is 0 Å². The number of likely N-dealkylation sites (tertiary alicyclic amines) is 1. The third-order valence-corrected chi connectivity index (χ3v) is 4.51. The predicted octanol–water partition coefficient (Wildman–Crippen LogP) is 3.10. The van der Waals surface area contributed by atoms with Gasteiger partial charge in [-0.3, -0.25) is 4.99 Å². The maximum absolute atomic E-state index is 4.82. The Bertz CT molecular complexity index is 325. The summed E-state index contributed by atoms with van der Waals surface area (Å²) in [6, 6.07) is 0. The molecule has 1 fully saturated rings. The first-order chi connectivity index (χ1) is 10.5. The van der Waals surface area contributed by atoms with Crippen LogP contribution in [0.15, 0.2) is 4.99 Å². The fourth-order valence-corrected chi connectivity index (χ4v) is 3.00. The lowest BCUT2D eigenvalue weighted by Crippen LogP contribution is -2.40. The molecule has 130 valence electrons. The third kappa shape index (κ3) is 8.02. The lowest BCUT2D eigenvalue weighted by atomic mass is 9.87. The molecule has 1 unspecified atom stereocenters. The van der Waals surface area contributed by atoms with E-state index < -0.39 is 0 Å². The van der Waals surface area contributed by atoms with Gasteiger partial charge in [0, 0.05) is 26.2 Å². The van der Waals surface area contributed by atoms with Crippen molar-refractivity contribution in [1.29, 1.82) is 0 Å². The number of guanidine groups is 1. The van der Waals surface area contributed by atoms with E-state index in [0.717, 1.165) is 31.5 Å². The van der Waals surface area contributed by atoms with E-state index in [4.69, 9.17) is 4.99 Å². The predicted molar refractivity (Wildman–Crippen MR) is 97.5 cm³/mol. The molecule has 0 spiro atoms. The lowest BCUT2D eigenvalue weighted by Gasteiger charge is -2.23. The van der Waals surface area contributed by atoms with Crippen LogP contribution in [0.3, 0.4) is 0 Å². The van der Waals surface area contributed by atoms with Crippen molar-refractivity contribution in [2.75, 3.05) is 39.8 Å². The third-order valence-electron chi connectivity index (χ3n) is 4.51. The molecule has 0 aliphatic carbocycles. The maximum atomic E-state index is 4.82. The molecule has 1 aliphatic heterocycles. The summed E-state index contributed by atoms with van der Waals surface area (Å²) in [5, 5.41) is 6.92. The molecule has 4 heteroatoms. The molecule has 1 rings (SSSR count). The van der Waals surface area contributed by atoms with Crippen LogP contribution in [0.1, 0.15) is 59.8 Å². The molecule has 1 atom stereocenters. The summed E-state index contributed by atoms with van der Waals surface area (Å²) in [4.78, 5) is 7.23. The van der Waals surface area contributed by atoms with Crippen molar-refractivity contribution in [3.8, 4) is 0 Å². The number of aliphatic imine (C=N–C) groups is 1. The van der Waals surface area contributed by atoms with Gasteiger partial charge in [0.2, 0.25) is 0 Å². The summed E-state index contributed by atoms with van der Waals surface area (Å²) in [7, 11) is 2.21. The van der Waals surface area contributed by atoms with E-state index in [2.05, 4.69) is 50.3 Å². The molecular formula is C18H38N4. The normalized spacial score (nSPS) is 20.4. The fourth-order valence-electron chi connectivity index (χ4n) is 3.00. The van der Waals surface area contributed by atoms with Crippen LogP contribution in [0.25, 0.3) is 0 Å². The Kier molecular flexibility index (Phi) is 8.84. The van der Waals surface area contributed by atoms with Gasteiger partial charge in [-0.15, -0.1) is 0 Å². The van der Waals surface area contributed by atoms with Gasteiger partial charge in [-0.1, -0.05) is 40.0 Å². The summed E-state index contributed by atoms with van der Waals surface area (Å²) in [5.74, 6) is 1.74.